The molecule has 2 N–H and O–H groups in total. The van der Waals surface area contributed by atoms with Crippen LogP contribution in [-0.2, 0) is 5.41 Å². The molecule has 1 saturated heterocycles. The molecular formula is C15H26N2S. The summed E-state index contributed by atoms with van der Waals surface area (Å²) in [5, 5.41) is 0. The van der Waals surface area contributed by atoms with Crippen molar-refractivity contribution >= 4 is 11.3 Å². The molecule has 0 amide bonds. The van der Waals surface area contributed by atoms with Crippen LogP contribution >= 0.6 is 11.3 Å². The maximum absolute atomic E-state index is 5.95. The van der Waals surface area contributed by atoms with Crippen molar-refractivity contribution in [2.45, 2.75) is 45.6 Å². The van der Waals surface area contributed by atoms with Gasteiger partial charge >= 0.3 is 0 Å². The third kappa shape index (κ3) is 2.63. The van der Waals surface area contributed by atoms with Gasteiger partial charge < -0.3 is 5.73 Å². The molecule has 1 aromatic rings. The van der Waals surface area contributed by atoms with Gasteiger partial charge in [0.25, 0.3) is 0 Å². The zero-order valence-electron chi connectivity index (χ0n) is 12.1. The van der Waals surface area contributed by atoms with Gasteiger partial charge in [-0.2, -0.15) is 0 Å². The van der Waals surface area contributed by atoms with Crippen molar-refractivity contribution in [3.05, 3.63) is 21.9 Å². The van der Waals surface area contributed by atoms with Crippen LogP contribution in [0.15, 0.2) is 12.1 Å². The van der Waals surface area contributed by atoms with Crippen molar-refractivity contribution in [1.82, 2.24) is 4.90 Å². The highest BCUT2D eigenvalue weighted by Gasteiger charge is 2.34. The summed E-state index contributed by atoms with van der Waals surface area (Å²) in [4.78, 5) is 5.57. The first kappa shape index (κ1) is 14.0. The van der Waals surface area contributed by atoms with E-state index in [0.717, 1.165) is 13.1 Å². The Morgan fingerprint density at radius 2 is 2.11 bits per heavy atom. The summed E-state index contributed by atoms with van der Waals surface area (Å²) < 4.78 is 0. The molecule has 18 heavy (non-hydrogen) atoms. The molecule has 2 rings (SSSR count). The minimum absolute atomic E-state index is 0.261. The van der Waals surface area contributed by atoms with Crippen LogP contribution in [0, 0.1) is 5.92 Å². The molecule has 0 aliphatic carbocycles. The lowest BCUT2D eigenvalue weighted by Crippen LogP contribution is -2.27. The number of thiophene rings is 1. The van der Waals surface area contributed by atoms with Crippen LogP contribution in [0.25, 0.3) is 0 Å². The Balaban J connectivity index is 2.26. The Morgan fingerprint density at radius 1 is 1.39 bits per heavy atom. The lowest BCUT2D eigenvalue weighted by Gasteiger charge is -2.26. The van der Waals surface area contributed by atoms with E-state index in [-0.39, 0.29) is 5.41 Å². The van der Waals surface area contributed by atoms with Crippen molar-refractivity contribution in [3.63, 3.8) is 0 Å². The number of rotatable bonds is 3. The van der Waals surface area contributed by atoms with Crippen LogP contribution in [0.4, 0.5) is 0 Å². The Morgan fingerprint density at radius 3 is 2.61 bits per heavy atom. The van der Waals surface area contributed by atoms with Crippen LogP contribution in [0.5, 0.6) is 0 Å². The Kier molecular flexibility index (Phi) is 4.15. The largest absolute Gasteiger partial charge is 0.330 e. The molecule has 1 aromatic heterocycles. The molecule has 0 spiro atoms. The fourth-order valence-electron chi connectivity index (χ4n) is 2.86. The van der Waals surface area contributed by atoms with Gasteiger partial charge in [0.05, 0.1) is 0 Å². The van der Waals surface area contributed by atoms with E-state index in [1.807, 2.05) is 11.3 Å². The number of nitrogens with two attached hydrogens (primary N) is 1. The maximum Gasteiger partial charge on any atom is 0.0482 e. The van der Waals surface area contributed by atoms with Gasteiger partial charge in [0.2, 0.25) is 0 Å². The minimum atomic E-state index is 0.261. The normalized spacial score (nSPS) is 25.8. The van der Waals surface area contributed by atoms with E-state index in [1.165, 1.54) is 22.7 Å². The fraction of sp³-hybridized carbons (Fsp3) is 0.733. The zero-order valence-corrected chi connectivity index (χ0v) is 12.9. The second-order valence-corrected chi connectivity index (χ2v) is 7.43. The molecule has 1 fully saturated rings. The molecule has 0 saturated carbocycles. The first-order valence-electron chi connectivity index (χ1n) is 7.01. The predicted octanol–water partition coefficient (Wildman–Crippen LogP) is 3.39. The Hall–Kier alpha value is -0.380. The van der Waals surface area contributed by atoms with E-state index in [1.54, 1.807) is 0 Å². The van der Waals surface area contributed by atoms with Crippen LogP contribution in [-0.4, -0.2) is 24.5 Å². The van der Waals surface area contributed by atoms with Crippen molar-refractivity contribution in [3.8, 4) is 0 Å². The highest BCUT2D eigenvalue weighted by atomic mass is 32.1. The Labute approximate surface area is 115 Å². The first-order valence-corrected chi connectivity index (χ1v) is 7.83. The zero-order chi connectivity index (χ0) is 13.3. The topological polar surface area (TPSA) is 29.3 Å². The van der Waals surface area contributed by atoms with Gasteiger partial charge in [0, 0.05) is 15.8 Å². The summed E-state index contributed by atoms with van der Waals surface area (Å²) in [7, 11) is 0. The van der Waals surface area contributed by atoms with Crippen LogP contribution < -0.4 is 5.73 Å². The summed E-state index contributed by atoms with van der Waals surface area (Å²) in [5.41, 5.74) is 6.21. The first-order chi connectivity index (χ1) is 8.47. The number of nitrogens with zero attached hydrogens (tertiary/aromatic N) is 1. The number of hydrogen-bond acceptors (Lipinski definition) is 3. The van der Waals surface area contributed by atoms with Gasteiger partial charge in [-0.05, 0) is 49.5 Å². The summed E-state index contributed by atoms with van der Waals surface area (Å²) >= 11 is 1.98. The SMILES string of the molecule is CCN1CCC(CN)C1c1ccc(C(C)(C)C)s1. The predicted molar refractivity (Wildman–Crippen MR) is 80.2 cm³/mol. The highest BCUT2D eigenvalue weighted by molar-refractivity contribution is 7.12. The van der Waals surface area contributed by atoms with Gasteiger partial charge in [0.1, 0.15) is 0 Å². The van der Waals surface area contributed by atoms with E-state index >= 15 is 0 Å². The van der Waals surface area contributed by atoms with E-state index in [9.17, 15) is 0 Å². The maximum atomic E-state index is 5.95. The molecule has 1 aliphatic rings. The molecule has 102 valence electrons. The third-order valence-corrected chi connectivity index (χ3v) is 5.58. The van der Waals surface area contributed by atoms with Gasteiger partial charge in [-0.25, -0.2) is 0 Å². The Bertz CT molecular complexity index is 379. The molecule has 0 radical (unpaired) electrons. The summed E-state index contributed by atoms with van der Waals surface area (Å²) in [6.07, 6.45) is 1.25. The molecule has 2 unspecified atom stereocenters. The number of hydrogen-bond donors (Lipinski definition) is 1. The average Bonchev–Trinajstić information content (AvgIpc) is 2.93. The van der Waals surface area contributed by atoms with Crippen LogP contribution in [0.1, 0.15) is 49.9 Å². The van der Waals surface area contributed by atoms with Crippen molar-refractivity contribution in [1.29, 1.82) is 0 Å². The molecule has 2 heterocycles. The second kappa shape index (κ2) is 5.32. The smallest absolute Gasteiger partial charge is 0.0482 e. The molecule has 2 nitrogen and oxygen atoms in total. The van der Waals surface area contributed by atoms with E-state index < -0.39 is 0 Å². The molecule has 1 aliphatic heterocycles. The highest BCUT2D eigenvalue weighted by Crippen LogP contribution is 2.41. The monoisotopic (exact) mass is 266 g/mol. The van der Waals surface area contributed by atoms with Gasteiger partial charge in [0.15, 0.2) is 0 Å². The van der Waals surface area contributed by atoms with E-state index in [0.29, 0.717) is 12.0 Å². The molecule has 0 bridgehead atoms. The molecule has 0 aromatic carbocycles. The fourth-order valence-corrected chi connectivity index (χ4v) is 4.15. The minimum Gasteiger partial charge on any atom is -0.330 e. The standard InChI is InChI=1S/C15H26N2S/c1-5-17-9-8-11(10-16)14(17)12-6-7-13(18-12)15(2,3)4/h6-7,11,14H,5,8-10,16H2,1-4H3. The number of likely N-dealkylation sites (tertiary alicyclic amines) is 1. The average molecular weight is 266 g/mol. The third-order valence-electron chi connectivity index (χ3n) is 3.99. The van der Waals surface area contributed by atoms with Gasteiger partial charge in [-0.1, -0.05) is 27.7 Å². The molecule has 3 heteroatoms. The summed E-state index contributed by atoms with van der Waals surface area (Å²) in [5.74, 6) is 0.636. The van der Waals surface area contributed by atoms with Gasteiger partial charge in [-0.3, -0.25) is 4.90 Å². The van der Waals surface area contributed by atoms with Crippen molar-refractivity contribution in [2.75, 3.05) is 19.6 Å². The van der Waals surface area contributed by atoms with E-state index in [2.05, 4.69) is 44.7 Å². The lowest BCUT2D eigenvalue weighted by molar-refractivity contribution is 0.245. The quantitative estimate of drug-likeness (QED) is 0.908. The lowest BCUT2D eigenvalue weighted by atomic mass is 9.94. The van der Waals surface area contributed by atoms with Crippen LogP contribution in [0.3, 0.4) is 0 Å². The summed E-state index contributed by atoms with van der Waals surface area (Å²) in [6, 6.07) is 5.19. The van der Waals surface area contributed by atoms with Crippen LogP contribution in [0.2, 0.25) is 0 Å². The van der Waals surface area contributed by atoms with Crippen molar-refractivity contribution < 1.29 is 0 Å². The van der Waals surface area contributed by atoms with Gasteiger partial charge in [-0.15, -0.1) is 11.3 Å². The molecular weight excluding hydrogens is 240 g/mol. The molecule has 2 atom stereocenters. The van der Waals surface area contributed by atoms with Crippen molar-refractivity contribution in [2.24, 2.45) is 11.7 Å². The second-order valence-electron chi connectivity index (χ2n) is 6.31. The van der Waals surface area contributed by atoms with E-state index in [4.69, 9.17) is 5.73 Å². The summed E-state index contributed by atoms with van der Waals surface area (Å²) in [6.45, 7) is 12.3.